The van der Waals surface area contributed by atoms with Crippen molar-refractivity contribution in [3.05, 3.63) is 27.7 Å². The molecule has 0 aliphatic carbocycles. The van der Waals surface area contributed by atoms with E-state index in [1.165, 1.54) is 6.07 Å². The molecule has 3 N–H and O–H groups in total. The molecule has 0 saturated heterocycles. The summed E-state index contributed by atoms with van der Waals surface area (Å²) in [5, 5.41) is 0. The van der Waals surface area contributed by atoms with Crippen molar-refractivity contribution in [3.8, 4) is 0 Å². The SMILES string of the molecule is Cc1c(Br)cc(CN)cc1S(=O)(=O)NCC(F)F. The smallest absolute Gasteiger partial charge is 0.251 e. The standard InChI is InChI=1S/C10H13BrF2N2O2S/c1-6-8(11)2-7(4-14)3-9(6)18(16,17)15-5-10(12)13/h2-3,10,15H,4-5,14H2,1H3. The zero-order chi connectivity index (χ0) is 13.9. The summed E-state index contributed by atoms with van der Waals surface area (Å²) in [6.07, 6.45) is -2.73. The van der Waals surface area contributed by atoms with E-state index in [0.717, 1.165) is 0 Å². The molecule has 0 bridgehead atoms. The van der Waals surface area contributed by atoms with Crippen LogP contribution >= 0.6 is 15.9 Å². The molecule has 0 spiro atoms. The Morgan fingerprint density at radius 3 is 2.56 bits per heavy atom. The van der Waals surface area contributed by atoms with Crippen LogP contribution in [0.2, 0.25) is 0 Å². The van der Waals surface area contributed by atoms with Gasteiger partial charge in [0.25, 0.3) is 6.43 Å². The van der Waals surface area contributed by atoms with Gasteiger partial charge in [0, 0.05) is 11.0 Å². The van der Waals surface area contributed by atoms with Gasteiger partial charge < -0.3 is 5.73 Å². The second kappa shape index (κ2) is 6.05. The van der Waals surface area contributed by atoms with Gasteiger partial charge in [-0.3, -0.25) is 0 Å². The lowest BCUT2D eigenvalue weighted by molar-refractivity contribution is 0.153. The van der Waals surface area contributed by atoms with Crippen LogP contribution in [0, 0.1) is 6.92 Å². The van der Waals surface area contributed by atoms with Crippen LogP contribution in [0.15, 0.2) is 21.5 Å². The Morgan fingerprint density at radius 1 is 1.44 bits per heavy atom. The maximum atomic E-state index is 12.0. The molecule has 0 saturated carbocycles. The molecule has 0 amide bonds. The van der Waals surface area contributed by atoms with E-state index in [1.807, 2.05) is 4.72 Å². The second-order valence-corrected chi connectivity index (χ2v) is 6.24. The van der Waals surface area contributed by atoms with Crippen LogP contribution in [0.3, 0.4) is 0 Å². The fourth-order valence-corrected chi connectivity index (χ4v) is 3.31. The number of sulfonamides is 1. The maximum Gasteiger partial charge on any atom is 0.251 e. The Bertz CT molecular complexity index is 535. The van der Waals surface area contributed by atoms with Crippen molar-refractivity contribution >= 4 is 26.0 Å². The van der Waals surface area contributed by atoms with Crippen molar-refractivity contribution in [3.63, 3.8) is 0 Å². The monoisotopic (exact) mass is 342 g/mol. The number of halogens is 3. The van der Waals surface area contributed by atoms with Crippen molar-refractivity contribution in [1.82, 2.24) is 4.72 Å². The van der Waals surface area contributed by atoms with Crippen molar-refractivity contribution in [2.45, 2.75) is 24.8 Å². The normalized spacial score (nSPS) is 12.1. The maximum absolute atomic E-state index is 12.0. The predicted octanol–water partition coefficient (Wildman–Crippen LogP) is 1.76. The van der Waals surface area contributed by atoms with Gasteiger partial charge in [-0.2, -0.15) is 0 Å². The van der Waals surface area contributed by atoms with E-state index >= 15 is 0 Å². The molecule has 0 aromatic heterocycles. The molecule has 0 heterocycles. The van der Waals surface area contributed by atoms with Gasteiger partial charge in [-0.05, 0) is 30.2 Å². The Kier molecular flexibility index (Phi) is 5.20. The zero-order valence-electron chi connectivity index (χ0n) is 9.58. The molecule has 0 fully saturated rings. The van der Waals surface area contributed by atoms with Gasteiger partial charge in [0.2, 0.25) is 10.0 Å². The van der Waals surface area contributed by atoms with E-state index in [-0.39, 0.29) is 11.4 Å². The second-order valence-electron chi connectivity index (χ2n) is 3.65. The minimum atomic E-state index is -3.96. The first-order valence-corrected chi connectivity index (χ1v) is 7.32. The highest BCUT2D eigenvalue weighted by Crippen LogP contribution is 2.25. The lowest BCUT2D eigenvalue weighted by Gasteiger charge is -2.12. The van der Waals surface area contributed by atoms with Crippen LogP contribution in [-0.4, -0.2) is 21.4 Å². The molecular weight excluding hydrogens is 330 g/mol. The topological polar surface area (TPSA) is 72.2 Å². The Balaban J connectivity index is 3.19. The fourth-order valence-electron chi connectivity index (χ4n) is 1.35. The summed E-state index contributed by atoms with van der Waals surface area (Å²) >= 11 is 3.21. The summed E-state index contributed by atoms with van der Waals surface area (Å²) in [6.45, 7) is 0.837. The van der Waals surface area contributed by atoms with Crippen molar-refractivity contribution in [2.24, 2.45) is 5.73 Å². The third kappa shape index (κ3) is 3.71. The largest absolute Gasteiger partial charge is 0.326 e. The number of rotatable bonds is 5. The van der Waals surface area contributed by atoms with Crippen molar-refractivity contribution in [2.75, 3.05) is 6.54 Å². The summed E-state index contributed by atoms with van der Waals surface area (Å²) in [5.74, 6) is 0. The lowest BCUT2D eigenvalue weighted by Crippen LogP contribution is -2.29. The third-order valence-electron chi connectivity index (χ3n) is 2.31. The molecule has 4 nitrogen and oxygen atoms in total. The van der Waals surface area contributed by atoms with Crippen LogP contribution in [0.4, 0.5) is 8.78 Å². The molecule has 102 valence electrons. The number of hydrogen-bond acceptors (Lipinski definition) is 3. The average Bonchev–Trinajstić information content (AvgIpc) is 2.29. The van der Waals surface area contributed by atoms with E-state index in [0.29, 0.717) is 15.6 Å². The molecule has 0 unspecified atom stereocenters. The van der Waals surface area contributed by atoms with Gasteiger partial charge in [0.05, 0.1) is 11.4 Å². The summed E-state index contributed by atoms with van der Waals surface area (Å²) in [5.41, 5.74) is 6.50. The van der Waals surface area contributed by atoms with Gasteiger partial charge >= 0.3 is 0 Å². The van der Waals surface area contributed by atoms with Crippen molar-refractivity contribution < 1.29 is 17.2 Å². The van der Waals surface area contributed by atoms with Gasteiger partial charge in [-0.15, -0.1) is 0 Å². The zero-order valence-corrected chi connectivity index (χ0v) is 12.0. The quantitative estimate of drug-likeness (QED) is 0.856. The first kappa shape index (κ1) is 15.5. The first-order valence-electron chi connectivity index (χ1n) is 5.05. The highest BCUT2D eigenvalue weighted by molar-refractivity contribution is 9.10. The fraction of sp³-hybridized carbons (Fsp3) is 0.400. The van der Waals surface area contributed by atoms with Crippen LogP contribution in [0.1, 0.15) is 11.1 Å². The number of nitrogens with one attached hydrogen (secondary N) is 1. The van der Waals surface area contributed by atoms with Gasteiger partial charge in [0.1, 0.15) is 0 Å². The van der Waals surface area contributed by atoms with Gasteiger partial charge in [-0.25, -0.2) is 21.9 Å². The molecule has 0 radical (unpaired) electrons. The Labute approximate surface area is 113 Å². The van der Waals surface area contributed by atoms with Crippen LogP contribution in [0.5, 0.6) is 0 Å². The first-order chi connectivity index (χ1) is 8.27. The molecule has 0 aliphatic heterocycles. The summed E-state index contributed by atoms with van der Waals surface area (Å²) in [6, 6.07) is 3.08. The minimum Gasteiger partial charge on any atom is -0.326 e. The van der Waals surface area contributed by atoms with Crippen LogP contribution < -0.4 is 10.5 Å². The molecule has 0 aliphatic rings. The van der Waals surface area contributed by atoms with Gasteiger partial charge in [0.15, 0.2) is 0 Å². The van der Waals surface area contributed by atoms with E-state index in [1.54, 1.807) is 13.0 Å². The van der Waals surface area contributed by atoms with E-state index in [9.17, 15) is 17.2 Å². The number of alkyl halides is 2. The van der Waals surface area contributed by atoms with Crippen LogP contribution in [0.25, 0.3) is 0 Å². The number of benzene rings is 1. The summed E-state index contributed by atoms with van der Waals surface area (Å²) in [7, 11) is -3.96. The molecule has 1 aromatic carbocycles. The highest BCUT2D eigenvalue weighted by atomic mass is 79.9. The molecule has 1 rings (SSSR count). The molecule has 0 atom stereocenters. The number of nitrogens with two attached hydrogens (primary N) is 1. The van der Waals surface area contributed by atoms with Crippen LogP contribution in [-0.2, 0) is 16.6 Å². The minimum absolute atomic E-state index is 0.0435. The van der Waals surface area contributed by atoms with E-state index in [2.05, 4.69) is 15.9 Å². The van der Waals surface area contributed by atoms with E-state index < -0.39 is 23.0 Å². The molecule has 8 heteroatoms. The Morgan fingerprint density at radius 2 is 2.06 bits per heavy atom. The van der Waals surface area contributed by atoms with Crippen molar-refractivity contribution in [1.29, 1.82) is 0 Å². The average molecular weight is 343 g/mol. The summed E-state index contributed by atoms with van der Waals surface area (Å²) < 4.78 is 50.3. The third-order valence-corrected chi connectivity index (χ3v) is 4.68. The van der Waals surface area contributed by atoms with E-state index in [4.69, 9.17) is 5.73 Å². The Hall–Kier alpha value is -0.570. The molecular formula is C10H13BrF2N2O2S. The molecule has 18 heavy (non-hydrogen) atoms. The number of hydrogen-bond donors (Lipinski definition) is 2. The predicted molar refractivity (Wildman–Crippen MR) is 68.0 cm³/mol. The highest BCUT2D eigenvalue weighted by Gasteiger charge is 2.20. The lowest BCUT2D eigenvalue weighted by atomic mass is 10.1. The van der Waals surface area contributed by atoms with Gasteiger partial charge in [-0.1, -0.05) is 15.9 Å². The summed E-state index contributed by atoms with van der Waals surface area (Å²) in [4.78, 5) is -0.0435. The molecule has 1 aromatic rings.